The first-order chi connectivity index (χ1) is 16.6. The first kappa shape index (κ1) is 21.4. The number of hydrogen-bond donors (Lipinski definition) is 1. The summed E-state index contributed by atoms with van der Waals surface area (Å²) in [5.74, 6) is -1.06. The second-order valence-electron chi connectivity index (χ2n) is 7.88. The second-order valence-corrected chi connectivity index (χ2v) is 7.88. The number of hydrogen-bond acceptors (Lipinski definition) is 5. The number of aliphatic hydroxyl groups excluding tert-OH is 1. The van der Waals surface area contributed by atoms with Gasteiger partial charge in [0.25, 0.3) is 11.7 Å². The van der Waals surface area contributed by atoms with Crippen LogP contribution in [0.15, 0.2) is 96.7 Å². The van der Waals surface area contributed by atoms with Gasteiger partial charge in [-0.15, -0.1) is 0 Å². The van der Waals surface area contributed by atoms with Crippen molar-refractivity contribution in [2.24, 2.45) is 0 Å². The van der Waals surface area contributed by atoms with E-state index < -0.39 is 17.7 Å². The van der Waals surface area contributed by atoms with Crippen molar-refractivity contribution in [3.8, 4) is 5.75 Å². The number of Topliss-reactive ketones (excluding diaryl/α,β-unsaturated/α-hetero) is 1. The first-order valence-corrected chi connectivity index (χ1v) is 11.0. The minimum atomic E-state index is -0.876. The minimum absolute atomic E-state index is 0.000735. The maximum absolute atomic E-state index is 13.4. The summed E-state index contributed by atoms with van der Waals surface area (Å²) in [7, 11) is 0. The Kier molecular flexibility index (Phi) is 5.55. The van der Waals surface area contributed by atoms with Crippen LogP contribution in [-0.4, -0.2) is 28.4 Å². The highest BCUT2D eigenvalue weighted by Crippen LogP contribution is 2.43. The number of carbonyl (C=O) groups is 2. The molecule has 0 radical (unpaired) electrons. The van der Waals surface area contributed by atoms with E-state index in [1.807, 2.05) is 43.3 Å². The van der Waals surface area contributed by atoms with Crippen LogP contribution < -0.4 is 9.64 Å². The zero-order valence-electron chi connectivity index (χ0n) is 18.5. The molecule has 0 spiro atoms. The van der Waals surface area contributed by atoms with Crippen LogP contribution in [0, 0.1) is 0 Å². The van der Waals surface area contributed by atoms with Crippen LogP contribution in [0.5, 0.6) is 5.75 Å². The molecule has 6 nitrogen and oxygen atoms in total. The summed E-state index contributed by atoms with van der Waals surface area (Å²) in [5, 5.41) is 13.0. The maximum atomic E-state index is 13.4. The van der Waals surface area contributed by atoms with Gasteiger partial charge in [-0.05, 0) is 54.8 Å². The molecule has 1 aliphatic heterocycles. The van der Waals surface area contributed by atoms with Crippen molar-refractivity contribution in [2.45, 2.75) is 13.0 Å². The molecular weight excluding hydrogens is 428 g/mol. The van der Waals surface area contributed by atoms with Crippen LogP contribution in [-0.2, 0) is 9.59 Å². The van der Waals surface area contributed by atoms with Crippen LogP contribution in [0.3, 0.4) is 0 Å². The van der Waals surface area contributed by atoms with E-state index in [9.17, 15) is 14.7 Å². The average Bonchev–Trinajstić information content (AvgIpc) is 3.14. The highest BCUT2D eigenvalue weighted by atomic mass is 16.5. The van der Waals surface area contributed by atoms with E-state index in [4.69, 9.17) is 4.74 Å². The summed E-state index contributed by atoms with van der Waals surface area (Å²) >= 11 is 0. The quantitative estimate of drug-likeness (QED) is 0.255. The number of nitrogens with zero attached hydrogens (tertiary/aromatic N) is 2. The summed E-state index contributed by atoms with van der Waals surface area (Å²) < 4.78 is 5.47. The predicted octanol–water partition coefficient (Wildman–Crippen LogP) is 5.26. The number of rotatable bonds is 5. The van der Waals surface area contributed by atoms with Gasteiger partial charge < -0.3 is 9.84 Å². The fourth-order valence-corrected chi connectivity index (χ4v) is 4.35. The van der Waals surface area contributed by atoms with Crippen LogP contribution >= 0.6 is 0 Å². The van der Waals surface area contributed by atoms with Crippen LogP contribution in [0.4, 0.5) is 5.69 Å². The van der Waals surface area contributed by atoms with Crippen molar-refractivity contribution in [3.63, 3.8) is 0 Å². The number of amides is 1. The van der Waals surface area contributed by atoms with Gasteiger partial charge in [0.1, 0.15) is 17.6 Å². The van der Waals surface area contributed by atoms with Crippen molar-refractivity contribution in [1.82, 2.24) is 4.98 Å². The van der Waals surface area contributed by atoms with E-state index >= 15 is 0 Å². The normalized spacial score (nSPS) is 17.3. The Hall–Kier alpha value is -4.45. The number of benzene rings is 3. The molecule has 3 aromatic carbocycles. The van der Waals surface area contributed by atoms with Crippen LogP contribution in [0.25, 0.3) is 16.5 Å². The standard InChI is InChI=1S/C28H22N2O4/c1-2-34-20-15-13-19(14-16-20)26(31)24-25(22-11-5-6-17-29-22)30(28(33)27(24)32)23-12-7-9-18-8-3-4-10-21(18)23/h3-17,25,31H,2H2,1H3/b26-24+. The molecule has 1 N–H and O–H groups in total. The molecule has 1 atom stereocenters. The molecule has 168 valence electrons. The monoisotopic (exact) mass is 450 g/mol. The first-order valence-electron chi connectivity index (χ1n) is 11.0. The average molecular weight is 450 g/mol. The van der Waals surface area contributed by atoms with Gasteiger partial charge in [-0.2, -0.15) is 0 Å². The number of fused-ring (bicyclic) bond motifs is 1. The molecule has 0 bridgehead atoms. The third-order valence-corrected chi connectivity index (χ3v) is 5.88. The Labute approximate surface area is 196 Å². The lowest BCUT2D eigenvalue weighted by Crippen LogP contribution is -2.30. The molecule has 1 fully saturated rings. The van der Waals surface area contributed by atoms with Gasteiger partial charge in [0.15, 0.2) is 0 Å². The number of ether oxygens (including phenoxy) is 1. The van der Waals surface area contributed by atoms with E-state index in [0.717, 1.165) is 10.8 Å². The third kappa shape index (κ3) is 3.59. The van der Waals surface area contributed by atoms with Gasteiger partial charge in [-0.1, -0.05) is 42.5 Å². The number of aromatic nitrogens is 1. The lowest BCUT2D eigenvalue weighted by molar-refractivity contribution is -0.132. The van der Waals surface area contributed by atoms with Crippen LogP contribution in [0.1, 0.15) is 24.2 Å². The second kappa shape index (κ2) is 8.83. The van der Waals surface area contributed by atoms with E-state index in [2.05, 4.69) is 4.98 Å². The molecule has 6 heteroatoms. The molecule has 34 heavy (non-hydrogen) atoms. The lowest BCUT2D eigenvalue weighted by atomic mass is 9.97. The summed E-state index contributed by atoms with van der Waals surface area (Å²) in [6.45, 7) is 2.40. The fourth-order valence-electron chi connectivity index (χ4n) is 4.35. The zero-order valence-corrected chi connectivity index (χ0v) is 18.5. The predicted molar refractivity (Wildman–Crippen MR) is 131 cm³/mol. The molecule has 0 aliphatic carbocycles. The van der Waals surface area contributed by atoms with Crippen molar-refractivity contribution in [3.05, 3.63) is 108 Å². The molecule has 1 aliphatic rings. The smallest absolute Gasteiger partial charge is 0.300 e. The molecular formula is C28H22N2O4. The molecule has 5 rings (SSSR count). The molecule has 1 saturated heterocycles. The zero-order chi connectivity index (χ0) is 23.7. The van der Waals surface area contributed by atoms with Crippen molar-refractivity contribution in [1.29, 1.82) is 0 Å². The summed E-state index contributed by atoms with van der Waals surface area (Å²) in [4.78, 5) is 32.6. The third-order valence-electron chi connectivity index (χ3n) is 5.88. The molecule has 1 amide bonds. The summed E-state index contributed by atoms with van der Waals surface area (Å²) in [6, 6.07) is 24.5. The fraction of sp³-hybridized carbons (Fsp3) is 0.107. The molecule has 1 aromatic heterocycles. The molecule has 4 aromatic rings. The number of aliphatic hydroxyl groups is 1. The number of carbonyl (C=O) groups excluding carboxylic acids is 2. The summed E-state index contributed by atoms with van der Waals surface area (Å²) in [6.07, 6.45) is 1.61. The lowest BCUT2D eigenvalue weighted by Gasteiger charge is -2.25. The van der Waals surface area contributed by atoms with Gasteiger partial charge in [0.2, 0.25) is 0 Å². The Morgan fingerprint density at radius 2 is 1.68 bits per heavy atom. The van der Waals surface area contributed by atoms with Gasteiger partial charge in [0.05, 0.1) is 23.6 Å². The Balaban J connectivity index is 1.71. The van der Waals surface area contributed by atoms with Gasteiger partial charge in [-0.25, -0.2) is 0 Å². The number of pyridine rings is 1. The van der Waals surface area contributed by atoms with Crippen molar-refractivity contribution < 1.29 is 19.4 Å². The van der Waals surface area contributed by atoms with Gasteiger partial charge >= 0.3 is 0 Å². The van der Waals surface area contributed by atoms with E-state index in [0.29, 0.717) is 29.3 Å². The van der Waals surface area contributed by atoms with Gasteiger partial charge in [0, 0.05) is 17.1 Å². The maximum Gasteiger partial charge on any atom is 0.300 e. The Morgan fingerprint density at radius 1 is 0.941 bits per heavy atom. The van der Waals surface area contributed by atoms with E-state index in [-0.39, 0.29) is 11.3 Å². The summed E-state index contributed by atoms with van der Waals surface area (Å²) in [5.41, 5.74) is 1.49. The molecule has 0 saturated carbocycles. The van der Waals surface area contributed by atoms with E-state index in [1.165, 1.54) is 4.90 Å². The van der Waals surface area contributed by atoms with Crippen LogP contribution in [0.2, 0.25) is 0 Å². The largest absolute Gasteiger partial charge is 0.507 e. The van der Waals surface area contributed by atoms with Crippen molar-refractivity contribution in [2.75, 3.05) is 11.5 Å². The van der Waals surface area contributed by atoms with E-state index in [1.54, 1.807) is 54.7 Å². The minimum Gasteiger partial charge on any atom is -0.507 e. The highest BCUT2D eigenvalue weighted by Gasteiger charge is 2.48. The Morgan fingerprint density at radius 3 is 2.41 bits per heavy atom. The van der Waals surface area contributed by atoms with Crippen molar-refractivity contribution >= 4 is 33.9 Å². The molecule has 2 heterocycles. The SMILES string of the molecule is CCOc1ccc(/C(O)=C2\C(=O)C(=O)N(c3cccc4ccccc34)C2c2ccccn2)cc1. The Bertz CT molecular complexity index is 1410. The van der Waals surface area contributed by atoms with Gasteiger partial charge in [-0.3, -0.25) is 19.5 Å². The number of anilines is 1. The molecule has 1 unspecified atom stereocenters. The topological polar surface area (TPSA) is 79.7 Å². The highest BCUT2D eigenvalue weighted by molar-refractivity contribution is 6.52. The number of ketones is 1.